The lowest BCUT2D eigenvalue weighted by molar-refractivity contribution is -0.140. The van der Waals surface area contributed by atoms with Gasteiger partial charge in [0.15, 0.2) is 0 Å². The molecule has 0 aromatic heterocycles. The molecular formula is C21H29ClFN3O. The molecule has 1 saturated heterocycles. The van der Waals surface area contributed by atoms with Gasteiger partial charge in [0.1, 0.15) is 5.82 Å². The van der Waals surface area contributed by atoms with Gasteiger partial charge in [-0.3, -0.25) is 9.69 Å². The third-order valence-corrected chi connectivity index (χ3v) is 7.21. The summed E-state index contributed by atoms with van der Waals surface area (Å²) >= 11 is 6.15. The number of benzene rings is 1. The molecule has 1 aromatic carbocycles. The van der Waals surface area contributed by atoms with E-state index in [0.717, 1.165) is 44.6 Å². The summed E-state index contributed by atoms with van der Waals surface area (Å²) in [6.45, 7) is 3.88. The highest BCUT2D eigenvalue weighted by atomic mass is 35.5. The molecule has 3 aliphatic rings. The lowest BCUT2D eigenvalue weighted by Gasteiger charge is -2.45. The molecule has 1 aromatic rings. The second-order valence-electron chi connectivity index (χ2n) is 8.53. The van der Waals surface area contributed by atoms with Gasteiger partial charge in [-0.15, -0.1) is 0 Å². The van der Waals surface area contributed by atoms with Gasteiger partial charge in [-0.05, 0) is 55.2 Å². The van der Waals surface area contributed by atoms with Gasteiger partial charge in [0, 0.05) is 49.7 Å². The first kappa shape index (κ1) is 19.2. The number of hydrogen-bond acceptors (Lipinski definition) is 3. The van der Waals surface area contributed by atoms with Crippen molar-refractivity contribution in [2.45, 2.75) is 44.7 Å². The molecule has 1 aliphatic heterocycles. The molecule has 27 heavy (non-hydrogen) atoms. The number of nitrogens with zero attached hydrogens (tertiary/aromatic N) is 2. The van der Waals surface area contributed by atoms with E-state index in [0.29, 0.717) is 35.4 Å². The summed E-state index contributed by atoms with van der Waals surface area (Å²) in [5.41, 5.74) is 7.31. The molecule has 1 amide bonds. The first-order chi connectivity index (χ1) is 13.0. The molecular weight excluding hydrogens is 365 g/mol. The molecule has 2 atom stereocenters. The Morgan fingerprint density at radius 1 is 1.15 bits per heavy atom. The minimum atomic E-state index is -0.309. The smallest absolute Gasteiger partial charge is 0.225 e. The van der Waals surface area contributed by atoms with Crippen molar-refractivity contribution in [3.63, 3.8) is 0 Å². The average molecular weight is 394 g/mol. The summed E-state index contributed by atoms with van der Waals surface area (Å²) in [6, 6.07) is 4.87. The highest BCUT2D eigenvalue weighted by molar-refractivity contribution is 6.31. The molecule has 0 radical (unpaired) electrons. The third-order valence-electron chi connectivity index (χ3n) is 6.86. The molecule has 0 spiro atoms. The van der Waals surface area contributed by atoms with E-state index in [1.165, 1.54) is 31.4 Å². The number of carbonyl (C=O) groups is 1. The van der Waals surface area contributed by atoms with Crippen LogP contribution in [-0.2, 0) is 11.3 Å². The molecule has 2 aliphatic carbocycles. The van der Waals surface area contributed by atoms with Crippen LogP contribution in [0.4, 0.5) is 4.39 Å². The number of amides is 1. The fourth-order valence-corrected chi connectivity index (χ4v) is 5.49. The highest BCUT2D eigenvalue weighted by Crippen LogP contribution is 2.42. The molecule has 4 rings (SSSR count). The number of nitrogens with two attached hydrogens (primary N) is 1. The molecule has 2 saturated carbocycles. The molecule has 1 heterocycles. The third kappa shape index (κ3) is 4.15. The zero-order valence-corrected chi connectivity index (χ0v) is 16.5. The second kappa shape index (κ2) is 8.06. The number of fused-ring (bicyclic) bond motifs is 2. The zero-order valence-electron chi connectivity index (χ0n) is 15.7. The van der Waals surface area contributed by atoms with Crippen molar-refractivity contribution in [1.29, 1.82) is 0 Å². The fourth-order valence-electron chi connectivity index (χ4n) is 5.27. The predicted molar refractivity (Wildman–Crippen MR) is 105 cm³/mol. The van der Waals surface area contributed by atoms with Crippen molar-refractivity contribution in [2.24, 2.45) is 23.5 Å². The van der Waals surface area contributed by atoms with E-state index in [2.05, 4.69) is 4.90 Å². The van der Waals surface area contributed by atoms with Crippen molar-refractivity contribution < 1.29 is 9.18 Å². The number of piperazine rings is 1. The van der Waals surface area contributed by atoms with Crippen molar-refractivity contribution in [1.82, 2.24) is 9.80 Å². The van der Waals surface area contributed by atoms with Crippen LogP contribution in [0.25, 0.3) is 0 Å². The van der Waals surface area contributed by atoms with Crippen molar-refractivity contribution in [3.8, 4) is 0 Å². The van der Waals surface area contributed by atoms with Crippen LogP contribution >= 0.6 is 11.6 Å². The number of rotatable bonds is 3. The molecule has 2 unspecified atom stereocenters. The minimum Gasteiger partial charge on any atom is -0.340 e. The Hall–Kier alpha value is -1.17. The molecule has 148 valence electrons. The first-order valence-electron chi connectivity index (χ1n) is 10.2. The van der Waals surface area contributed by atoms with Gasteiger partial charge < -0.3 is 10.6 Å². The monoisotopic (exact) mass is 393 g/mol. The van der Waals surface area contributed by atoms with Gasteiger partial charge >= 0.3 is 0 Å². The fraction of sp³-hybridized carbons (Fsp3) is 0.667. The van der Waals surface area contributed by atoms with E-state index < -0.39 is 0 Å². The Labute approximate surface area is 165 Å². The number of hydrogen-bond donors (Lipinski definition) is 1. The standard InChI is InChI=1S/C21H29ClFN3O/c22-19-12-18(23)5-4-16(19)13-25-6-8-26(9-7-25)21(27)17-10-14-2-1-3-15(11-17)20(14)24/h4-5,12,14-15,17,20H,1-3,6-11,13,24H2. The van der Waals surface area contributed by atoms with Gasteiger partial charge in [-0.2, -0.15) is 0 Å². The van der Waals surface area contributed by atoms with Crippen LogP contribution < -0.4 is 5.73 Å². The topological polar surface area (TPSA) is 49.6 Å². The van der Waals surface area contributed by atoms with Crippen molar-refractivity contribution >= 4 is 17.5 Å². The zero-order chi connectivity index (χ0) is 19.0. The lowest BCUT2D eigenvalue weighted by Crippen LogP contribution is -2.53. The second-order valence-corrected chi connectivity index (χ2v) is 8.94. The lowest BCUT2D eigenvalue weighted by atomic mass is 9.65. The van der Waals surface area contributed by atoms with Crippen molar-refractivity contribution in [3.05, 3.63) is 34.6 Å². The van der Waals surface area contributed by atoms with Crippen LogP contribution in [0.3, 0.4) is 0 Å². The predicted octanol–water partition coefficient (Wildman–Crippen LogP) is 3.28. The summed E-state index contributed by atoms with van der Waals surface area (Å²) < 4.78 is 13.2. The van der Waals surface area contributed by atoms with Crippen LogP contribution in [0.5, 0.6) is 0 Å². The number of halogens is 2. The Kier molecular flexibility index (Phi) is 5.72. The van der Waals surface area contributed by atoms with Crippen LogP contribution in [0, 0.1) is 23.6 Å². The molecule has 4 nitrogen and oxygen atoms in total. The maximum Gasteiger partial charge on any atom is 0.225 e. The van der Waals surface area contributed by atoms with E-state index in [9.17, 15) is 9.18 Å². The first-order valence-corrected chi connectivity index (χ1v) is 10.6. The largest absolute Gasteiger partial charge is 0.340 e. The minimum absolute atomic E-state index is 0.165. The van der Waals surface area contributed by atoms with Crippen LogP contribution in [0.1, 0.15) is 37.7 Å². The van der Waals surface area contributed by atoms with Crippen LogP contribution in [0.15, 0.2) is 18.2 Å². The molecule has 2 N–H and O–H groups in total. The maximum atomic E-state index is 13.2. The molecule has 3 fully saturated rings. The maximum absolute atomic E-state index is 13.2. The SMILES string of the molecule is NC1C2CCCC1CC(C(=O)N1CCN(Cc3ccc(F)cc3Cl)CC1)C2. The van der Waals surface area contributed by atoms with Crippen molar-refractivity contribution in [2.75, 3.05) is 26.2 Å². The molecule has 2 bridgehead atoms. The Morgan fingerprint density at radius 2 is 1.81 bits per heavy atom. The van der Waals surface area contributed by atoms with Gasteiger partial charge in [0.25, 0.3) is 0 Å². The Morgan fingerprint density at radius 3 is 2.44 bits per heavy atom. The normalized spacial score (nSPS) is 31.7. The van der Waals surface area contributed by atoms with Crippen LogP contribution in [0.2, 0.25) is 5.02 Å². The summed E-state index contributed by atoms with van der Waals surface area (Å²) in [7, 11) is 0. The quantitative estimate of drug-likeness (QED) is 0.857. The van der Waals surface area contributed by atoms with E-state index in [1.807, 2.05) is 4.90 Å². The Balaban J connectivity index is 1.30. The van der Waals surface area contributed by atoms with E-state index >= 15 is 0 Å². The summed E-state index contributed by atoms with van der Waals surface area (Å²) in [5, 5.41) is 0.471. The number of carbonyl (C=O) groups excluding carboxylic acids is 1. The molecule has 6 heteroatoms. The summed E-state index contributed by atoms with van der Waals surface area (Å²) in [5.74, 6) is 1.26. The van der Waals surface area contributed by atoms with Crippen LogP contribution in [-0.4, -0.2) is 47.9 Å². The van der Waals surface area contributed by atoms with E-state index in [-0.39, 0.29) is 11.7 Å². The highest BCUT2D eigenvalue weighted by Gasteiger charge is 2.41. The average Bonchev–Trinajstić information content (AvgIpc) is 2.64. The summed E-state index contributed by atoms with van der Waals surface area (Å²) in [4.78, 5) is 17.4. The van der Waals surface area contributed by atoms with Gasteiger partial charge in [-0.1, -0.05) is 24.1 Å². The van der Waals surface area contributed by atoms with Gasteiger partial charge in [0.05, 0.1) is 0 Å². The Bertz CT molecular complexity index is 678. The van der Waals surface area contributed by atoms with Gasteiger partial charge in [0.2, 0.25) is 5.91 Å². The van der Waals surface area contributed by atoms with Gasteiger partial charge in [-0.25, -0.2) is 4.39 Å². The summed E-state index contributed by atoms with van der Waals surface area (Å²) in [6.07, 6.45) is 5.60. The van der Waals surface area contributed by atoms with E-state index in [1.54, 1.807) is 6.07 Å². The van der Waals surface area contributed by atoms with E-state index in [4.69, 9.17) is 17.3 Å².